The Hall–Kier alpha value is -0.0800. The van der Waals surface area contributed by atoms with Gasteiger partial charge in [0.2, 0.25) is 0 Å². The van der Waals surface area contributed by atoms with Crippen molar-refractivity contribution in [1.29, 1.82) is 0 Å². The van der Waals surface area contributed by atoms with Gasteiger partial charge in [-0.2, -0.15) is 0 Å². The summed E-state index contributed by atoms with van der Waals surface area (Å²) in [6.07, 6.45) is 2.78. The van der Waals surface area contributed by atoms with E-state index < -0.39 is 0 Å². The SMILES string of the molecule is CNC1CCN(C2CC2C)CC1C. The molecule has 4 unspecified atom stereocenters. The maximum atomic E-state index is 3.42. The van der Waals surface area contributed by atoms with Crippen LogP contribution in [0, 0.1) is 11.8 Å². The summed E-state index contributed by atoms with van der Waals surface area (Å²) in [6.45, 7) is 7.37. The minimum atomic E-state index is 0.755. The first-order chi connectivity index (χ1) is 6.22. The highest BCUT2D eigenvalue weighted by Crippen LogP contribution is 2.37. The van der Waals surface area contributed by atoms with Crippen LogP contribution in [0.15, 0.2) is 0 Å². The maximum absolute atomic E-state index is 3.42. The van der Waals surface area contributed by atoms with Crippen LogP contribution in [0.1, 0.15) is 26.7 Å². The molecule has 2 nitrogen and oxygen atoms in total. The molecule has 2 rings (SSSR count). The molecule has 2 aliphatic rings. The Morgan fingerprint density at radius 3 is 2.38 bits per heavy atom. The molecule has 4 atom stereocenters. The van der Waals surface area contributed by atoms with Crippen LogP contribution in [0.2, 0.25) is 0 Å². The lowest BCUT2D eigenvalue weighted by atomic mass is 9.94. The second-order valence-electron chi connectivity index (χ2n) is 4.94. The molecule has 0 bridgehead atoms. The smallest absolute Gasteiger partial charge is 0.0125 e. The molecule has 1 heterocycles. The molecule has 0 aromatic rings. The van der Waals surface area contributed by atoms with E-state index in [4.69, 9.17) is 0 Å². The van der Waals surface area contributed by atoms with Gasteiger partial charge in [-0.15, -0.1) is 0 Å². The van der Waals surface area contributed by atoms with Crippen molar-refractivity contribution in [2.45, 2.75) is 38.8 Å². The topological polar surface area (TPSA) is 15.3 Å². The normalized spacial score (nSPS) is 46.4. The molecule has 0 radical (unpaired) electrons. The quantitative estimate of drug-likeness (QED) is 0.693. The molecule has 2 fully saturated rings. The van der Waals surface area contributed by atoms with Gasteiger partial charge < -0.3 is 5.32 Å². The summed E-state index contributed by atoms with van der Waals surface area (Å²) in [4.78, 5) is 2.70. The minimum absolute atomic E-state index is 0.755. The number of piperidine rings is 1. The van der Waals surface area contributed by atoms with E-state index in [9.17, 15) is 0 Å². The van der Waals surface area contributed by atoms with Crippen molar-refractivity contribution in [2.75, 3.05) is 20.1 Å². The Morgan fingerprint density at radius 2 is 1.92 bits per heavy atom. The van der Waals surface area contributed by atoms with Crippen LogP contribution in [0.25, 0.3) is 0 Å². The van der Waals surface area contributed by atoms with E-state index in [2.05, 4.69) is 31.1 Å². The van der Waals surface area contributed by atoms with Crippen molar-refractivity contribution >= 4 is 0 Å². The first kappa shape index (κ1) is 9.47. The molecule has 1 N–H and O–H groups in total. The van der Waals surface area contributed by atoms with Crippen molar-refractivity contribution in [1.82, 2.24) is 10.2 Å². The van der Waals surface area contributed by atoms with Gasteiger partial charge in [0.1, 0.15) is 0 Å². The first-order valence-electron chi connectivity index (χ1n) is 5.63. The molecule has 0 aromatic heterocycles. The second-order valence-corrected chi connectivity index (χ2v) is 4.94. The van der Waals surface area contributed by atoms with Crippen molar-refractivity contribution in [3.63, 3.8) is 0 Å². The van der Waals surface area contributed by atoms with Crippen molar-refractivity contribution in [2.24, 2.45) is 11.8 Å². The van der Waals surface area contributed by atoms with E-state index in [1.54, 1.807) is 0 Å². The van der Waals surface area contributed by atoms with E-state index in [-0.39, 0.29) is 0 Å². The lowest BCUT2D eigenvalue weighted by Crippen LogP contribution is -2.48. The van der Waals surface area contributed by atoms with E-state index >= 15 is 0 Å². The summed E-state index contributed by atoms with van der Waals surface area (Å²) < 4.78 is 0. The predicted molar refractivity (Wildman–Crippen MR) is 55.8 cm³/mol. The van der Waals surface area contributed by atoms with Gasteiger partial charge in [-0.3, -0.25) is 4.90 Å². The Morgan fingerprint density at radius 1 is 1.23 bits per heavy atom. The van der Waals surface area contributed by atoms with Gasteiger partial charge in [-0.25, -0.2) is 0 Å². The van der Waals surface area contributed by atoms with Gasteiger partial charge in [0, 0.05) is 18.6 Å². The summed E-state index contributed by atoms with van der Waals surface area (Å²) in [5, 5.41) is 3.42. The van der Waals surface area contributed by atoms with Crippen LogP contribution < -0.4 is 5.32 Å². The van der Waals surface area contributed by atoms with E-state index in [1.807, 2.05) is 0 Å². The van der Waals surface area contributed by atoms with Crippen molar-refractivity contribution in [3.05, 3.63) is 0 Å². The molecule has 1 saturated heterocycles. The zero-order chi connectivity index (χ0) is 9.42. The lowest BCUT2D eigenvalue weighted by molar-refractivity contribution is 0.139. The summed E-state index contributed by atoms with van der Waals surface area (Å²) in [5.74, 6) is 1.80. The Balaban J connectivity index is 1.84. The van der Waals surface area contributed by atoms with Gasteiger partial charge in [0.25, 0.3) is 0 Å². The van der Waals surface area contributed by atoms with E-state index in [0.717, 1.165) is 23.9 Å². The average Bonchev–Trinajstić information content (AvgIpc) is 2.82. The van der Waals surface area contributed by atoms with E-state index in [0.29, 0.717) is 0 Å². The van der Waals surface area contributed by atoms with Gasteiger partial charge in [0.05, 0.1) is 0 Å². The largest absolute Gasteiger partial charge is 0.317 e. The highest BCUT2D eigenvalue weighted by molar-refractivity contribution is 4.95. The van der Waals surface area contributed by atoms with Crippen molar-refractivity contribution in [3.8, 4) is 0 Å². The van der Waals surface area contributed by atoms with Gasteiger partial charge in [-0.1, -0.05) is 13.8 Å². The third-order valence-electron chi connectivity index (χ3n) is 3.84. The molecule has 0 aromatic carbocycles. The summed E-state index contributed by atoms with van der Waals surface area (Å²) in [7, 11) is 2.09. The molecular weight excluding hydrogens is 160 g/mol. The number of hydrogen-bond acceptors (Lipinski definition) is 2. The Labute approximate surface area is 81.7 Å². The molecule has 13 heavy (non-hydrogen) atoms. The van der Waals surface area contributed by atoms with Crippen LogP contribution in [-0.4, -0.2) is 37.1 Å². The number of likely N-dealkylation sites (tertiary alicyclic amines) is 1. The van der Waals surface area contributed by atoms with Crippen LogP contribution in [0.3, 0.4) is 0 Å². The summed E-state index contributed by atoms with van der Waals surface area (Å²) in [6, 6.07) is 1.69. The zero-order valence-electron chi connectivity index (χ0n) is 9.09. The Bertz CT molecular complexity index is 181. The standard InChI is InChI=1S/C11H22N2/c1-8-6-11(8)13-5-4-10(12-3)9(2)7-13/h8-12H,4-7H2,1-3H3. The summed E-state index contributed by atoms with van der Waals surface area (Å²) >= 11 is 0. The Kier molecular flexibility index (Phi) is 2.61. The monoisotopic (exact) mass is 182 g/mol. The second kappa shape index (κ2) is 3.58. The van der Waals surface area contributed by atoms with Crippen LogP contribution in [0.5, 0.6) is 0 Å². The molecule has 1 aliphatic heterocycles. The number of rotatable bonds is 2. The summed E-state index contributed by atoms with van der Waals surface area (Å²) in [5.41, 5.74) is 0. The minimum Gasteiger partial charge on any atom is -0.317 e. The van der Waals surface area contributed by atoms with Crippen molar-refractivity contribution < 1.29 is 0 Å². The third-order valence-corrected chi connectivity index (χ3v) is 3.84. The zero-order valence-corrected chi connectivity index (χ0v) is 9.09. The fourth-order valence-corrected chi connectivity index (χ4v) is 2.72. The highest BCUT2D eigenvalue weighted by Gasteiger charge is 2.40. The predicted octanol–water partition coefficient (Wildman–Crippen LogP) is 1.32. The molecule has 1 saturated carbocycles. The first-order valence-corrected chi connectivity index (χ1v) is 5.63. The van der Waals surface area contributed by atoms with Gasteiger partial charge in [-0.05, 0) is 38.3 Å². The van der Waals surface area contributed by atoms with Gasteiger partial charge >= 0.3 is 0 Å². The number of nitrogens with one attached hydrogen (secondary N) is 1. The fourth-order valence-electron chi connectivity index (χ4n) is 2.72. The number of nitrogens with zero attached hydrogens (tertiary/aromatic N) is 1. The average molecular weight is 182 g/mol. The lowest BCUT2D eigenvalue weighted by Gasteiger charge is -2.37. The molecule has 2 heteroatoms. The molecule has 0 amide bonds. The third kappa shape index (κ3) is 1.89. The molecule has 76 valence electrons. The molecule has 0 spiro atoms. The fraction of sp³-hybridized carbons (Fsp3) is 1.00. The number of hydrogen-bond donors (Lipinski definition) is 1. The molecule has 1 aliphatic carbocycles. The molecular formula is C11H22N2. The van der Waals surface area contributed by atoms with Crippen LogP contribution >= 0.6 is 0 Å². The highest BCUT2D eigenvalue weighted by atomic mass is 15.2. The van der Waals surface area contributed by atoms with Gasteiger partial charge in [0.15, 0.2) is 0 Å². The van der Waals surface area contributed by atoms with Crippen LogP contribution in [0.4, 0.5) is 0 Å². The van der Waals surface area contributed by atoms with E-state index in [1.165, 1.54) is 25.9 Å². The maximum Gasteiger partial charge on any atom is 0.0125 e. The van der Waals surface area contributed by atoms with Crippen LogP contribution in [-0.2, 0) is 0 Å².